The van der Waals surface area contributed by atoms with Crippen molar-refractivity contribution in [1.82, 2.24) is 0 Å². The average molecular weight is 250 g/mol. The first kappa shape index (κ1) is 17.9. The predicted molar refractivity (Wildman–Crippen MR) is 43.4 cm³/mol. The van der Waals surface area contributed by atoms with Gasteiger partial charge in [0.25, 0.3) is 0 Å². The third-order valence-corrected chi connectivity index (χ3v) is 1.98. The van der Waals surface area contributed by atoms with Gasteiger partial charge in [-0.3, -0.25) is 12.9 Å². The van der Waals surface area contributed by atoms with E-state index < -0.39 is 28.4 Å². The molecule has 0 aliphatic heterocycles. The van der Waals surface area contributed by atoms with Crippen LogP contribution in [0.25, 0.3) is 0 Å². The van der Waals surface area contributed by atoms with Gasteiger partial charge >= 0.3 is 26.4 Å². The smallest absolute Gasteiger partial charge is 0.744 e. The summed E-state index contributed by atoms with van der Waals surface area (Å²) in [5, 5.41) is 0. The van der Waals surface area contributed by atoms with Crippen molar-refractivity contribution in [2.24, 2.45) is 0 Å². The van der Waals surface area contributed by atoms with E-state index in [1.165, 1.54) is 12.1 Å². The summed E-state index contributed by atoms with van der Waals surface area (Å²) in [5.41, 5.74) is 0. The van der Waals surface area contributed by atoms with Gasteiger partial charge in [0.15, 0.2) is 0 Å². The molecule has 0 spiro atoms. The second kappa shape index (κ2) is 7.73. The SMILES string of the molecule is FB(F)F.O=S(=O)([O-])c1ccccc1F.[Li+]. The molecule has 0 saturated heterocycles. The molecule has 0 saturated carbocycles. The van der Waals surface area contributed by atoms with Crippen LogP contribution in [0.1, 0.15) is 0 Å². The van der Waals surface area contributed by atoms with Gasteiger partial charge in [-0.05, 0) is 12.1 Å². The molecule has 3 nitrogen and oxygen atoms in total. The van der Waals surface area contributed by atoms with Gasteiger partial charge in [0.05, 0.1) is 4.90 Å². The van der Waals surface area contributed by atoms with Gasteiger partial charge in [-0.25, -0.2) is 12.8 Å². The molecule has 1 rings (SSSR count). The fraction of sp³-hybridized carbons (Fsp3) is 0. The maximum absolute atomic E-state index is 12.5. The number of halogens is 4. The van der Waals surface area contributed by atoms with Gasteiger partial charge in [0, 0.05) is 0 Å². The second-order valence-corrected chi connectivity index (χ2v) is 3.48. The van der Waals surface area contributed by atoms with Crippen molar-refractivity contribution in [2.75, 3.05) is 0 Å². The summed E-state index contributed by atoms with van der Waals surface area (Å²) < 4.78 is 72.3. The Hall–Kier alpha value is -0.488. The Morgan fingerprint density at radius 2 is 1.50 bits per heavy atom. The van der Waals surface area contributed by atoms with Crippen molar-refractivity contribution in [2.45, 2.75) is 4.90 Å². The maximum Gasteiger partial charge on any atom is 1.00 e. The van der Waals surface area contributed by atoms with Crippen LogP contribution >= 0.6 is 0 Å². The van der Waals surface area contributed by atoms with Gasteiger partial charge in [-0.2, -0.15) is 0 Å². The molecule has 0 bridgehead atoms. The molecule has 0 radical (unpaired) electrons. The number of benzene rings is 1. The molecular formula is C6H4BF4LiO3S. The molecular weight excluding hydrogens is 246 g/mol. The standard InChI is InChI=1S/C6H5FO3S.BF3.Li/c7-5-3-1-2-4-6(5)11(8,9)10;2-1(3)4;/h1-4H,(H,8,9,10);;/q;;+1/p-1. The fourth-order valence-corrected chi connectivity index (χ4v) is 1.20. The van der Waals surface area contributed by atoms with Gasteiger partial charge in [-0.15, -0.1) is 0 Å². The van der Waals surface area contributed by atoms with Crippen LogP contribution in [-0.4, -0.2) is 20.5 Å². The van der Waals surface area contributed by atoms with Crippen LogP contribution in [0.5, 0.6) is 0 Å². The minimum Gasteiger partial charge on any atom is -0.744 e. The van der Waals surface area contributed by atoms with Gasteiger partial charge < -0.3 is 4.55 Å². The quantitative estimate of drug-likeness (QED) is 0.350. The Morgan fingerprint density at radius 1 is 1.12 bits per heavy atom. The second-order valence-electron chi connectivity index (χ2n) is 2.13. The first-order valence-electron chi connectivity index (χ1n) is 3.38. The minimum atomic E-state index is -4.66. The molecule has 0 unspecified atom stereocenters. The van der Waals surface area contributed by atoms with Crippen LogP contribution in [0.4, 0.5) is 17.3 Å². The molecule has 84 valence electrons. The summed E-state index contributed by atoms with van der Waals surface area (Å²) in [6.07, 6.45) is 0. The Bertz CT molecular complexity index is 411. The zero-order valence-electron chi connectivity index (χ0n) is 8.03. The largest absolute Gasteiger partial charge is 1.00 e. The van der Waals surface area contributed by atoms with Crippen molar-refractivity contribution in [1.29, 1.82) is 0 Å². The molecule has 0 aromatic heterocycles. The summed E-state index contributed by atoms with van der Waals surface area (Å²) in [7, 11) is -8.33. The predicted octanol–water partition coefficient (Wildman–Crippen LogP) is -1.39. The molecule has 0 amide bonds. The number of hydrogen-bond acceptors (Lipinski definition) is 3. The van der Waals surface area contributed by atoms with Crippen LogP contribution in [0.2, 0.25) is 0 Å². The number of rotatable bonds is 1. The first-order chi connectivity index (χ1) is 6.75. The van der Waals surface area contributed by atoms with E-state index in [0.717, 1.165) is 12.1 Å². The Labute approximate surface area is 102 Å². The topological polar surface area (TPSA) is 57.2 Å². The molecule has 10 heteroatoms. The van der Waals surface area contributed by atoms with E-state index in [9.17, 15) is 30.3 Å². The van der Waals surface area contributed by atoms with E-state index in [-0.39, 0.29) is 18.9 Å². The Morgan fingerprint density at radius 3 is 1.75 bits per heavy atom. The molecule has 16 heavy (non-hydrogen) atoms. The minimum absolute atomic E-state index is 0. The summed E-state index contributed by atoms with van der Waals surface area (Å²) >= 11 is 0. The van der Waals surface area contributed by atoms with Crippen LogP contribution in [0.15, 0.2) is 29.2 Å². The Balaban J connectivity index is 0. The molecule has 1 aromatic carbocycles. The van der Waals surface area contributed by atoms with Crippen molar-refractivity contribution < 1.29 is 49.2 Å². The molecule has 0 N–H and O–H groups in total. The first-order valence-corrected chi connectivity index (χ1v) is 4.78. The third kappa shape index (κ3) is 7.76. The molecule has 0 aliphatic carbocycles. The monoisotopic (exact) mass is 250 g/mol. The van der Waals surface area contributed by atoms with E-state index in [1.54, 1.807) is 0 Å². The van der Waals surface area contributed by atoms with Gasteiger partial charge in [-0.1, -0.05) is 12.1 Å². The average Bonchev–Trinajstić information content (AvgIpc) is 2.01. The molecule has 0 fully saturated rings. The third-order valence-electron chi connectivity index (χ3n) is 1.11. The van der Waals surface area contributed by atoms with Gasteiger partial charge in [0.1, 0.15) is 15.9 Å². The van der Waals surface area contributed by atoms with E-state index in [2.05, 4.69) is 0 Å². The van der Waals surface area contributed by atoms with Crippen molar-refractivity contribution in [3.8, 4) is 0 Å². The molecule has 0 heterocycles. The van der Waals surface area contributed by atoms with Crippen LogP contribution in [0.3, 0.4) is 0 Å². The van der Waals surface area contributed by atoms with Crippen LogP contribution in [-0.2, 0) is 10.1 Å². The van der Waals surface area contributed by atoms with Crippen LogP contribution < -0.4 is 18.9 Å². The Kier molecular flexibility index (Phi) is 8.65. The zero-order valence-corrected chi connectivity index (χ0v) is 8.85. The molecule has 1 aromatic rings. The normalized spacial score (nSPS) is 9.56. The van der Waals surface area contributed by atoms with E-state index in [4.69, 9.17) is 0 Å². The van der Waals surface area contributed by atoms with Gasteiger partial charge in [0.2, 0.25) is 0 Å². The van der Waals surface area contributed by atoms with E-state index in [1.807, 2.05) is 0 Å². The summed E-state index contributed by atoms with van der Waals surface area (Å²) in [6, 6.07) is 4.44. The maximum atomic E-state index is 12.5. The number of hydrogen-bond donors (Lipinski definition) is 0. The summed E-state index contributed by atoms with van der Waals surface area (Å²) in [4.78, 5) is -0.806. The fourth-order valence-electron chi connectivity index (χ4n) is 0.647. The molecule has 0 aliphatic rings. The molecule has 0 atom stereocenters. The zero-order chi connectivity index (χ0) is 12.1. The van der Waals surface area contributed by atoms with Crippen LogP contribution in [0, 0.1) is 5.82 Å². The van der Waals surface area contributed by atoms with Crippen molar-refractivity contribution >= 4 is 17.7 Å². The van der Waals surface area contributed by atoms with E-state index >= 15 is 0 Å². The van der Waals surface area contributed by atoms with E-state index in [0.29, 0.717) is 0 Å². The van der Waals surface area contributed by atoms with Crippen molar-refractivity contribution in [3.63, 3.8) is 0 Å². The van der Waals surface area contributed by atoms with Crippen molar-refractivity contribution in [3.05, 3.63) is 30.1 Å². The summed E-state index contributed by atoms with van der Waals surface area (Å²) in [6.45, 7) is 0. The summed E-state index contributed by atoms with van der Waals surface area (Å²) in [5.74, 6) is -1.01.